The molecule has 5 rings (SSSR count). The molecule has 41 heavy (non-hydrogen) atoms. The van der Waals surface area contributed by atoms with E-state index in [1.54, 1.807) is 38.4 Å². The molecule has 0 aliphatic carbocycles. The molecule has 6 atom stereocenters. The van der Waals surface area contributed by atoms with Gasteiger partial charge in [-0.15, -0.1) is 30.0 Å². The summed E-state index contributed by atoms with van der Waals surface area (Å²) in [5, 5.41) is 17.6. The number of aliphatic hydroxyl groups is 1. The van der Waals surface area contributed by atoms with Gasteiger partial charge in [-0.1, -0.05) is 45.4 Å². The van der Waals surface area contributed by atoms with Crippen LogP contribution in [0.2, 0.25) is 0 Å². The Hall–Kier alpha value is -2.70. The zero-order valence-electron chi connectivity index (χ0n) is 22.9. The Morgan fingerprint density at radius 1 is 1.24 bits per heavy atom. The van der Waals surface area contributed by atoms with Crippen LogP contribution in [0.1, 0.15) is 32.1 Å². The van der Waals surface area contributed by atoms with E-state index in [2.05, 4.69) is 39.4 Å². The van der Waals surface area contributed by atoms with Crippen molar-refractivity contribution in [3.63, 3.8) is 0 Å². The minimum absolute atomic E-state index is 0.0368. The molecular formula is C29H36BrN5O5S. The molecule has 2 bridgehead atoms. The first kappa shape index (κ1) is 29.8. The molecule has 12 heteroatoms. The average Bonchev–Trinajstić information content (AvgIpc) is 3.68. The van der Waals surface area contributed by atoms with Crippen molar-refractivity contribution in [3.05, 3.63) is 49.6 Å². The molecule has 3 aliphatic heterocycles. The Balaban J connectivity index is 1.49. The van der Waals surface area contributed by atoms with Crippen LogP contribution < -0.4 is 0 Å². The van der Waals surface area contributed by atoms with Crippen LogP contribution in [0.4, 0.5) is 0 Å². The number of para-hydroxylation sites is 1. The molecular weight excluding hydrogens is 610 g/mol. The number of unbranched alkanes of at least 4 members (excludes halogenated alkanes) is 2. The van der Waals surface area contributed by atoms with Crippen LogP contribution in [0.15, 0.2) is 49.6 Å². The Labute approximate surface area is 252 Å². The molecule has 1 N–H and O–H groups in total. The van der Waals surface area contributed by atoms with Crippen LogP contribution in [0.3, 0.4) is 0 Å². The van der Waals surface area contributed by atoms with Gasteiger partial charge in [-0.05, 0) is 44.2 Å². The predicted octanol–water partition coefficient (Wildman–Crippen LogP) is 3.15. The number of carbonyl (C=O) groups excluding carboxylic acids is 3. The van der Waals surface area contributed by atoms with E-state index in [9.17, 15) is 19.5 Å². The van der Waals surface area contributed by atoms with Crippen molar-refractivity contribution in [1.29, 1.82) is 0 Å². The molecule has 2 aromatic rings. The zero-order chi connectivity index (χ0) is 29.1. The summed E-state index contributed by atoms with van der Waals surface area (Å²) < 4.78 is 6.50. The van der Waals surface area contributed by atoms with Gasteiger partial charge in [0.05, 0.1) is 28.7 Å². The number of benzene rings is 1. The number of amides is 2. The minimum Gasteiger partial charge on any atom is -0.465 e. The van der Waals surface area contributed by atoms with E-state index in [0.29, 0.717) is 32.2 Å². The maximum Gasteiger partial charge on any atom is 0.310 e. The second-order valence-electron chi connectivity index (χ2n) is 10.8. The summed E-state index contributed by atoms with van der Waals surface area (Å²) in [7, 11) is 0. The van der Waals surface area contributed by atoms with E-state index >= 15 is 0 Å². The van der Waals surface area contributed by atoms with E-state index in [1.165, 1.54) is 0 Å². The van der Waals surface area contributed by atoms with Gasteiger partial charge in [0, 0.05) is 29.8 Å². The molecule has 1 aromatic carbocycles. The highest BCUT2D eigenvalue weighted by Gasteiger charge is 2.76. The van der Waals surface area contributed by atoms with Gasteiger partial charge in [0.25, 0.3) is 0 Å². The third-order valence-electron chi connectivity index (χ3n) is 8.30. The van der Waals surface area contributed by atoms with Crippen molar-refractivity contribution in [2.24, 2.45) is 11.8 Å². The first-order chi connectivity index (χ1) is 19.9. The monoisotopic (exact) mass is 645 g/mol. The van der Waals surface area contributed by atoms with Crippen molar-refractivity contribution in [1.82, 2.24) is 24.8 Å². The van der Waals surface area contributed by atoms with Crippen LogP contribution in [0, 0.1) is 11.8 Å². The van der Waals surface area contributed by atoms with E-state index in [-0.39, 0.29) is 54.3 Å². The Bertz CT molecular complexity index is 1320. The maximum atomic E-state index is 14.6. The Morgan fingerprint density at radius 3 is 2.80 bits per heavy atom. The van der Waals surface area contributed by atoms with Crippen LogP contribution >= 0.6 is 27.7 Å². The summed E-state index contributed by atoms with van der Waals surface area (Å²) in [6.45, 7) is 8.63. The second-order valence-corrected chi connectivity index (χ2v) is 13.5. The fourth-order valence-electron chi connectivity index (χ4n) is 6.56. The number of ether oxygens (including phenoxy) is 1. The highest BCUT2D eigenvalue weighted by Crippen LogP contribution is 2.68. The lowest BCUT2D eigenvalue weighted by atomic mass is 9.71. The molecule has 0 radical (unpaired) electrons. The summed E-state index contributed by atoms with van der Waals surface area (Å²) in [4.78, 5) is 45.5. The number of likely N-dealkylation sites (tertiary alicyclic amines) is 1. The number of hydrogen-bond donors (Lipinski definition) is 1. The van der Waals surface area contributed by atoms with E-state index in [1.807, 2.05) is 24.3 Å². The number of aliphatic hydroxyl groups excluding tert-OH is 1. The number of nitrogens with zero attached hydrogens (tertiary/aromatic N) is 5. The summed E-state index contributed by atoms with van der Waals surface area (Å²) >= 11 is 5.37. The second kappa shape index (κ2) is 12.7. The number of esters is 1. The number of fused-ring (bicyclic) bond motifs is 2. The van der Waals surface area contributed by atoms with Gasteiger partial charge in [-0.2, -0.15) is 0 Å². The molecule has 2 amide bonds. The van der Waals surface area contributed by atoms with Gasteiger partial charge >= 0.3 is 5.97 Å². The largest absolute Gasteiger partial charge is 0.465 e. The lowest BCUT2D eigenvalue weighted by Gasteiger charge is -2.37. The molecule has 1 spiro atoms. The summed E-state index contributed by atoms with van der Waals surface area (Å²) in [6.07, 6.45) is 6.47. The lowest BCUT2D eigenvalue weighted by Crippen LogP contribution is -2.55. The Morgan fingerprint density at radius 2 is 2.05 bits per heavy atom. The third-order valence-corrected chi connectivity index (χ3v) is 11.5. The van der Waals surface area contributed by atoms with Gasteiger partial charge in [0.15, 0.2) is 0 Å². The lowest BCUT2D eigenvalue weighted by molar-refractivity contribution is -0.154. The number of hydrogen-bond acceptors (Lipinski definition) is 8. The normalized spacial score (nSPS) is 28.2. The summed E-state index contributed by atoms with van der Waals surface area (Å²) in [5.74, 6) is -2.04. The minimum atomic E-state index is -0.768. The zero-order valence-corrected chi connectivity index (χ0v) is 25.3. The third kappa shape index (κ3) is 5.34. The van der Waals surface area contributed by atoms with Crippen molar-refractivity contribution in [2.75, 3.05) is 26.3 Å². The van der Waals surface area contributed by atoms with Gasteiger partial charge < -0.3 is 19.6 Å². The highest BCUT2D eigenvalue weighted by molar-refractivity contribution is 9.09. The van der Waals surface area contributed by atoms with Gasteiger partial charge in [0.2, 0.25) is 11.8 Å². The van der Waals surface area contributed by atoms with Gasteiger partial charge in [-0.3, -0.25) is 14.4 Å². The van der Waals surface area contributed by atoms with Crippen LogP contribution in [-0.4, -0.2) is 94.9 Å². The summed E-state index contributed by atoms with van der Waals surface area (Å²) in [6, 6.07) is 6.79. The molecule has 3 fully saturated rings. The highest BCUT2D eigenvalue weighted by atomic mass is 79.9. The fraction of sp³-hybridized carbons (Fsp3) is 0.552. The van der Waals surface area contributed by atoms with Gasteiger partial charge in [0.1, 0.15) is 18.2 Å². The number of rotatable bonds is 14. The molecule has 0 saturated carbocycles. The molecule has 220 valence electrons. The molecule has 3 saturated heterocycles. The topological polar surface area (TPSA) is 118 Å². The predicted molar refractivity (Wildman–Crippen MR) is 160 cm³/mol. The number of carbonyl (C=O) groups is 3. The first-order valence-corrected chi connectivity index (χ1v) is 15.9. The smallest absolute Gasteiger partial charge is 0.310 e. The molecule has 10 nitrogen and oxygen atoms in total. The SMILES string of the molecule is C=CCCOC(=O)[C@H]1[C@H]2C(=O)N(CCCCCO)C(C(=O)N(CC=C)Cn3nnc4ccccc43)C23CC(Br)[C@@H]1S3. The van der Waals surface area contributed by atoms with Crippen LogP contribution in [0.25, 0.3) is 11.0 Å². The van der Waals surface area contributed by atoms with Crippen molar-refractivity contribution >= 4 is 56.5 Å². The van der Waals surface area contributed by atoms with Crippen LogP contribution in [-0.2, 0) is 25.8 Å². The number of alkyl halides is 1. The molecule has 3 aliphatic rings. The molecule has 3 unspecified atom stereocenters. The Kier molecular flexibility index (Phi) is 9.20. The maximum absolute atomic E-state index is 14.6. The van der Waals surface area contributed by atoms with Crippen LogP contribution in [0.5, 0.6) is 0 Å². The summed E-state index contributed by atoms with van der Waals surface area (Å²) in [5.41, 5.74) is 1.52. The number of aromatic nitrogens is 3. The van der Waals surface area contributed by atoms with E-state index < -0.39 is 22.6 Å². The number of thioether (sulfide) groups is 1. The van der Waals surface area contributed by atoms with Crippen molar-refractivity contribution < 1.29 is 24.2 Å². The fourth-order valence-corrected chi connectivity index (χ4v) is 10.2. The van der Waals surface area contributed by atoms with E-state index in [0.717, 1.165) is 17.5 Å². The molecule has 1 aromatic heterocycles. The van der Waals surface area contributed by atoms with Crippen molar-refractivity contribution in [3.8, 4) is 0 Å². The standard InChI is InChI=1S/C29H36BrN5O5S/c1-3-5-16-40-28(39)22-23-26(37)34(14-9-6-10-15-36)25(29(23)17-19(30)24(22)41-29)27(38)33(13-4-2)18-35-21-12-8-7-11-20(21)31-32-35/h3-4,7-8,11-12,19,22-25,36H,1-2,5-6,9-10,13-18H2/t19?,22-,23-,24-,25?,29?/m0/s1. The quantitative estimate of drug-likeness (QED) is 0.144. The first-order valence-electron chi connectivity index (χ1n) is 14.1. The number of halogens is 1. The van der Waals surface area contributed by atoms with Gasteiger partial charge in [-0.25, -0.2) is 4.68 Å². The van der Waals surface area contributed by atoms with Crippen molar-refractivity contribution in [2.45, 2.75) is 59.6 Å². The average molecular weight is 647 g/mol. The molecule has 4 heterocycles. The van der Waals surface area contributed by atoms with E-state index in [4.69, 9.17) is 4.74 Å².